The third kappa shape index (κ3) is 1.51. The fourth-order valence-electron chi connectivity index (χ4n) is 1.79. The maximum atomic E-state index is 6.01. The summed E-state index contributed by atoms with van der Waals surface area (Å²) >= 11 is 6.01. The van der Waals surface area contributed by atoms with E-state index < -0.39 is 0 Å². The molecule has 0 fully saturated rings. The first-order valence-electron chi connectivity index (χ1n) is 4.68. The van der Waals surface area contributed by atoms with Crippen LogP contribution in [0.1, 0.15) is 11.1 Å². The molecule has 0 spiro atoms. The first-order chi connectivity index (χ1) is 6.72. The van der Waals surface area contributed by atoms with Gasteiger partial charge in [0, 0.05) is 22.1 Å². The van der Waals surface area contributed by atoms with Crippen LogP contribution in [-0.2, 0) is 6.42 Å². The van der Waals surface area contributed by atoms with Gasteiger partial charge < -0.3 is 10.7 Å². The van der Waals surface area contributed by atoms with Gasteiger partial charge in [-0.15, -0.1) is 0 Å². The zero-order chi connectivity index (χ0) is 10.1. The van der Waals surface area contributed by atoms with Gasteiger partial charge >= 0.3 is 0 Å². The first kappa shape index (κ1) is 9.56. The SMILES string of the molecule is Cc1cc(Cl)cc2c(CCN)c[nH]c12. The molecule has 1 aromatic heterocycles. The molecule has 0 aliphatic rings. The molecule has 0 aliphatic carbocycles. The van der Waals surface area contributed by atoms with Gasteiger partial charge in [0.15, 0.2) is 0 Å². The van der Waals surface area contributed by atoms with Gasteiger partial charge in [0.2, 0.25) is 0 Å². The number of fused-ring (bicyclic) bond motifs is 1. The van der Waals surface area contributed by atoms with E-state index in [0.717, 1.165) is 17.0 Å². The summed E-state index contributed by atoms with van der Waals surface area (Å²) in [6, 6.07) is 3.96. The van der Waals surface area contributed by atoms with Gasteiger partial charge in [0.05, 0.1) is 0 Å². The van der Waals surface area contributed by atoms with Crippen molar-refractivity contribution in [2.24, 2.45) is 5.73 Å². The Morgan fingerprint density at radius 3 is 2.93 bits per heavy atom. The molecule has 3 N–H and O–H groups in total. The minimum absolute atomic E-state index is 0.665. The molecule has 74 valence electrons. The van der Waals surface area contributed by atoms with E-state index in [0.29, 0.717) is 6.54 Å². The average molecular weight is 209 g/mol. The molecule has 0 saturated heterocycles. The maximum Gasteiger partial charge on any atom is 0.0487 e. The second kappa shape index (κ2) is 3.64. The highest BCUT2D eigenvalue weighted by atomic mass is 35.5. The van der Waals surface area contributed by atoms with Crippen LogP contribution >= 0.6 is 11.6 Å². The minimum Gasteiger partial charge on any atom is -0.361 e. The van der Waals surface area contributed by atoms with Crippen LogP contribution in [0, 0.1) is 6.92 Å². The van der Waals surface area contributed by atoms with Gasteiger partial charge in [0.1, 0.15) is 0 Å². The van der Waals surface area contributed by atoms with Gasteiger partial charge in [-0.05, 0) is 43.1 Å². The Balaban J connectivity index is 2.66. The minimum atomic E-state index is 0.665. The van der Waals surface area contributed by atoms with Crippen LogP contribution in [0.5, 0.6) is 0 Å². The lowest BCUT2D eigenvalue weighted by molar-refractivity contribution is 0.976. The molecule has 2 rings (SSSR count). The van der Waals surface area contributed by atoms with E-state index in [4.69, 9.17) is 17.3 Å². The Hall–Kier alpha value is -0.990. The Labute approximate surface area is 88.1 Å². The number of H-pyrrole nitrogens is 1. The van der Waals surface area contributed by atoms with E-state index in [1.54, 1.807) is 0 Å². The number of aromatic amines is 1. The van der Waals surface area contributed by atoms with E-state index >= 15 is 0 Å². The van der Waals surface area contributed by atoms with Gasteiger partial charge in [-0.1, -0.05) is 11.6 Å². The van der Waals surface area contributed by atoms with Crippen LogP contribution in [0.25, 0.3) is 10.9 Å². The number of benzene rings is 1. The number of hydrogen-bond acceptors (Lipinski definition) is 1. The highest BCUT2D eigenvalue weighted by molar-refractivity contribution is 6.31. The lowest BCUT2D eigenvalue weighted by Crippen LogP contribution is -2.01. The van der Waals surface area contributed by atoms with E-state index in [-0.39, 0.29) is 0 Å². The Kier molecular flexibility index (Phi) is 2.48. The van der Waals surface area contributed by atoms with E-state index in [2.05, 4.69) is 11.9 Å². The summed E-state index contributed by atoms with van der Waals surface area (Å²) in [5, 5.41) is 1.98. The van der Waals surface area contributed by atoms with E-state index in [1.165, 1.54) is 16.5 Å². The van der Waals surface area contributed by atoms with Gasteiger partial charge in [-0.2, -0.15) is 0 Å². The molecule has 2 nitrogen and oxygen atoms in total. The summed E-state index contributed by atoms with van der Waals surface area (Å²) in [6.07, 6.45) is 2.90. The standard InChI is InChI=1S/C11H13ClN2/c1-7-4-9(12)5-10-8(2-3-13)6-14-11(7)10/h4-6,14H,2-3,13H2,1H3. The predicted molar refractivity (Wildman–Crippen MR) is 60.8 cm³/mol. The lowest BCUT2D eigenvalue weighted by atomic mass is 10.1. The Bertz CT molecular complexity index is 460. The summed E-state index contributed by atoms with van der Waals surface area (Å²) in [6.45, 7) is 2.72. The monoisotopic (exact) mass is 208 g/mol. The van der Waals surface area contributed by atoms with Crippen LogP contribution in [0.2, 0.25) is 5.02 Å². The van der Waals surface area contributed by atoms with Crippen molar-refractivity contribution in [3.8, 4) is 0 Å². The molecular formula is C11H13ClN2. The second-order valence-corrected chi connectivity index (χ2v) is 3.93. The number of aryl methyl sites for hydroxylation is 1. The number of aromatic nitrogens is 1. The molecule has 1 heterocycles. The fourth-order valence-corrected chi connectivity index (χ4v) is 2.06. The van der Waals surface area contributed by atoms with Crippen molar-refractivity contribution in [3.63, 3.8) is 0 Å². The second-order valence-electron chi connectivity index (χ2n) is 3.50. The van der Waals surface area contributed by atoms with E-state index in [1.807, 2.05) is 18.3 Å². The van der Waals surface area contributed by atoms with Crippen molar-refractivity contribution < 1.29 is 0 Å². The number of rotatable bonds is 2. The zero-order valence-electron chi connectivity index (χ0n) is 8.10. The van der Waals surface area contributed by atoms with Crippen molar-refractivity contribution in [1.82, 2.24) is 4.98 Å². The number of halogens is 1. The molecule has 0 radical (unpaired) electrons. The molecule has 0 bridgehead atoms. The number of nitrogens with one attached hydrogen (secondary N) is 1. The van der Waals surface area contributed by atoms with Crippen molar-refractivity contribution in [2.75, 3.05) is 6.54 Å². The van der Waals surface area contributed by atoms with Gasteiger partial charge in [0.25, 0.3) is 0 Å². The number of hydrogen-bond donors (Lipinski definition) is 2. The Morgan fingerprint density at radius 1 is 1.43 bits per heavy atom. The number of nitrogens with two attached hydrogens (primary N) is 1. The molecule has 14 heavy (non-hydrogen) atoms. The largest absolute Gasteiger partial charge is 0.361 e. The third-order valence-electron chi connectivity index (χ3n) is 2.45. The zero-order valence-corrected chi connectivity index (χ0v) is 8.86. The molecule has 0 aliphatic heterocycles. The smallest absolute Gasteiger partial charge is 0.0487 e. The van der Waals surface area contributed by atoms with Gasteiger partial charge in [-0.3, -0.25) is 0 Å². The summed E-state index contributed by atoms with van der Waals surface area (Å²) in [5.41, 5.74) is 9.12. The highest BCUT2D eigenvalue weighted by Crippen LogP contribution is 2.25. The highest BCUT2D eigenvalue weighted by Gasteiger charge is 2.05. The average Bonchev–Trinajstić information content (AvgIpc) is 2.49. The van der Waals surface area contributed by atoms with Crippen LogP contribution in [0.3, 0.4) is 0 Å². The quantitative estimate of drug-likeness (QED) is 0.783. The van der Waals surface area contributed by atoms with Crippen LogP contribution in [-0.4, -0.2) is 11.5 Å². The van der Waals surface area contributed by atoms with Crippen LogP contribution in [0.15, 0.2) is 18.3 Å². The first-order valence-corrected chi connectivity index (χ1v) is 5.06. The molecular weight excluding hydrogens is 196 g/mol. The van der Waals surface area contributed by atoms with Gasteiger partial charge in [-0.25, -0.2) is 0 Å². The van der Waals surface area contributed by atoms with E-state index in [9.17, 15) is 0 Å². The molecule has 0 unspecified atom stereocenters. The van der Waals surface area contributed by atoms with Crippen molar-refractivity contribution in [1.29, 1.82) is 0 Å². The Morgan fingerprint density at radius 2 is 2.21 bits per heavy atom. The summed E-state index contributed by atoms with van der Waals surface area (Å²) in [7, 11) is 0. The lowest BCUT2D eigenvalue weighted by Gasteiger charge is -1.99. The summed E-state index contributed by atoms with van der Waals surface area (Å²) in [4.78, 5) is 3.25. The third-order valence-corrected chi connectivity index (χ3v) is 2.67. The molecule has 2 aromatic rings. The molecule has 0 atom stereocenters. The van der Waals surface area contributed by atoms with Crippen molar-refractivity contribution in [3.05, 3.63) is 34.5 Å². The fraction of sp³-hybridized carbons (Fsp3) is 0.273. The molecule has 3 heteroatoms. The molecule has 0 saturated carbocycles. The van der Waals surface area contributed by atoms with Crippen molar-refractivity contribution >= 4 is 22.5 Å². The molecule has 1 aromatic carbocycles. The predicted octanol–water partition coefficient (Wildman–Crippen LogP) is 2.63. The normalized spacial score (nSPS) is 11.1. The molecule has 0 amide bonds. The van der Waals surface area contributed by atoms with Crippen LogP contribution < -0.4 is 5.73 Å². The summed E-state index contributed by atoms with van der Waals surface area (Å²) in [5.74, 6) is 0. The summed E-state index contributed by atoms with van der Waals surface area (Å²) < 4.78 is 0. The van der Waals surface area contributed by atoms with Crippen molar-refractivity contribution in [2.45, 2.75) is 13.3 Å². The van der Waals surface area contributed by atoms with Crippen LogP contribution in [0.4, 0.5) is 0 Å². The topological polar surface area (TPSA) is 41.8 Å². The maximum absolute atomic E-state index is 6.01.